The summed E-state index contributed by atoms with van der Waals surface area (Å²) in [5.41, 5.74) is -0.313. The van der Waals surface area contributed by atoms with Crippen LogP contribution in [0.2, 0.25) is 0 Å². The number of hydrogen-bond donors (Lipinski definition) is 0. The second kappa shape index (κ2) is 5.87. The van der Waals surface area contributed by atoms with Crippen molar-refractivity contribution in [3.63, 3.8) is 0 Å². The highest BCUT2D eigenvalue weighted by atomic mass is 19.4. The number of alkyl halides is 3. The molecule has 2 rings (SSSR count). The Morgan fingerprint density at radius 3 is 1.95 bits per heavy atom. The largest absolute Gasteiger partial charge is 0.409 e. The Morgan fingerprint density at radius 1 is 0.864 bits per heavy atom. The van der Waals surface area contributed by atoms with Gasteiger partial charge in [-0.15, -0.1) is 0 Å². The van der Waals surface area contributed by atoms with Crippen LogP contribution in [-0.2, 0) is 0 Å². The van der Waals surface area contributed by atoms with E-state index in [0.717, 1.165) is 12.1 Å². The lowest BCUT2D eigenvalue weighted by Crippen LogP contribution is -2.01. The van der Waals surface area contributed by atoms with Crippen LogP contribution in [0.4, 0.5) is 26.3 Å². The van der Waals surface area contributed by atoms with Crippen LogP contribution < -0.4 is 0 Å². The Morgan fingerprint density at radius 2 is 1.45 bits per heavy atom. The highest BCUT2D eigenvalue weighted by molar-refractivity contribution is 5.67. The van der Waals surface area contributed by atoms with Gasteiger partial charge in [0.1, 0.15) is 17.5 Å². The smallest absolute Gasteiger partial charge is 0.206 e. The van der Waals surface area contributed by atoms with Crippen molar-refractivity contribution in [1.82, 2.24) is 0 Å². The topological polar surface area (TPSA) is 0 Å². The average molecular weight is 316 g/mol. The summed E-state index contributed by atoms with van der Waals surface area (Å²) in [6.45, 7) is 1.65. The second-order valence-electron chi connectivity index (χ2n) is 4.71. The minimum atomic E-state index is -4.68. The molecule has 0 radical (unpaired) electrons. The normalized spacial score (nSPS) is 12.1. The van der Waals surface area contributed by atoms with Crippen molar-refractivity contribution in [2.75, 3.05) is 0 Å². The fourth-order valence-corrected chi connectivity index (χ4v) is 1.93. The minimum Gasteiger partial charge on any atom is -0.206 e. The van der Waals surface area contributed by atoms with E-state index in [1.807, 2.05) is 0 Å². The predicted molar refractivity (Wildman–Crippen MR) is 71.6 cm³/mol. The third kappa shape index (κ3) is 3.69. The molecule has 0 nitrogen and oxygen atoms in total. The van der Waals surface area contributed by atoms with Gasteiger partial charge in [-0.3, -0.25) is 0 Å². The summed E-state index contributed by atoms with van der Waals surface area (Å²) >= 11 is 0. The first-order valence-corrected chi connectivity index (χ1v) is 6.19. The van der Waals surface area contributed by atoms with Crippen LogP contribution in [-0.4, -0.2) is 6.18 Å². The zero-order chi connectivity index (χ0) is 16.5. The summed E-state index contributed by atoms with van der Waals surface area (Å²) in [6.07, 6.45) is -4.64. The summed E-state index contributed by atoms with van der Waals surface area (Å²) in [4.78, 5) is 0. The van der Waals surface area contributed by atoms with Gasteiger partial charge in [-0.05, 0) is 42.3 Å². The van der Waals surface area contributed by atoms with E-state index < -0.39 is 29.2 Å². The number of hydrogen-bond acceptors (Lipinski definition) is 0. The molecule has 0 saturated heterocycles. The second-order valence-corrected chi connectivity index (χ2v) is 4.71. The Hall–Kier alpha value is -2.24. The molecule has 0 aliphatic heterocycles. The molecule has 0 unspecified atom stereocenters. The van der Waals surface area contributed by atoms with Gasteiger partial charge in [0.15, 0.2) is 0 Å². The molecule has 0 saturated carbocycles. The highest BCUT2D eigenvalue weighted by Gasteiger charge is 2.23. The van der Waals surface area contributed by atoms with E-state index >= 15 is 0 Å². The van der Waals surface area contributed by atoms with Crippen LogP contribution in [0.15, 0.2) is 36.4 Å². The first-order valence-electron chi connectivity index (χ1n) is 6.19. The number of rotatable bonds is 2. The van der Waals surface area contributed by atoms with Crippen LogP contribution in [0.1, 0.15) is 11.1 Å². The third-order valence-electron chi connectivity index (χ3n) is 2.95. The van der Waals surface area contributed by atoms with E-state index in [2.05, 4.69) is 0 Å². The van der Waals surface area contributed by atoms with E-state index in [1.165, 1.54) is 12.1 Å². The Labute approximate surface area is 122 Å². The molecule has 0 aromatic heterocycles. The summed E-state index contributed by atoms with van der Waals surface area (Å²) in [7, 11) is 0. The molecule has 2 aromatic rings. The lowest BCUT2D eigenvalue weighted by atomic mass is 10.0. The van der Waals surface area contributed by atoms with Gasteiger partial charge in [0.25, 0.3) is 0 Å². The minimum absolute atomic E-state index is 0.0326. The molecule has 0 aliphatic rings. The Kier molecular flexibility index (Phi) is 4.30. The first kappa shape index (κ1) is 16.1. The predicted octanol–water partition coefficient (Wildman–Crippen LogP) is 5.65. The third-order valence-corrected chi connectivity index (χ3v) is 2.95. The van der Waals surface area contributed by atoms with Crippen LogP contribution in [0, 0.1) is 24.4 Å². The number of halogens is 6. The van der Waals surface area contributed by atoms with E-state index in [-0.39, 0.29) is 17.2 Å². The van der Waals surface area contributed by atoms with Gasteiger partial charge in [-0.25, -0.2) is 13.2 Å². The van der Waals surface area contributed by atoms with Gasteiger partial charge < -0.3 is 0 Å². The fourth-order valence-electron chi connectivity index (χ4n) is 1.93. The van der Waals surface area contributed by atoms with Crippen molar-refractivity contribution >= 4 is 6.08 Å². The molecule has 116 valence electrons. The van der Waals surface area contributed by atoms with E-state index in [1.54, 1.807) is 13.0 Å². The standard InChI is InChI=1S/C16H10F6/c1-9-2-3-11(13(17)6-9)10-7-14(18)12(15(19)8-10)4-5-16(20,21)22/h2-8H,1H3. The highest BCUT2D eigenvalue weighted by Crippen LogP contribution is 2.28. The lowest BCUT2D eigenvalue weighted by Gasteiger charge is -2.08. The van der Waals surface area contributed by atoms with E-state index in [9.17, 15) is 26.3 Å². The van der Waals surface area contributed by atoms with Crippen molar-refractivity contribution in [2.45, 2.75) is 13.1 Å². The van der Waals surface area contributed by atoms with Gasteiger partial charge >= 0.3 is 6.18 Å². The zero-order valence-corrected chi connectivity index (χ0v) is 11.3. The zero-order valence-electron chi connectivity index (χ0n) is 11.3. The molecular weight excluding hydrogens is 306 g/mol. The van der Waals surface area contributed by atoms with Crippen LogP contribution in [0.25, 0.3) is 17.2 Å². The van der Waals surface area contributed by atoms with Crippen molar-refractivity contribution in [3.8, 4) is 11.1 Å². The average Bonchev–Trinajstić information content (AvgIpc) is 2.36. The summed E-state index contributed by atoms with van der Waals surface area (Å²) in [6, 6.07) is 5.71. The number of benzene rings is 2. The molecule has 0 amide bonds. The molecule has 0 bridgehead atoms. The van der Waals surface area contributed by atoms with Gasteiger partial charge in [-0.1, -0.05) is 12.1 Å². The molecule has 0 N–H and O–H groups in total. The van der Waals surface area contributed by atoms with Crippen molar-refractivity contribution in [3.05, 3.63) is 65.0 Å². The maximum atomic E-state index is 13.8. The monoisotopic (exact) mass is 316 g/mol. The Balaban J connectivity index is 2.48. The van der Waals surface area contributed by atoms with Gasteiger partial charge in [0.05, 0.1) is 0 Å². The molecule has 0 atom stereocenters. The van der Waals surface area contributed by atoms with Crippen LogP contribution in [0.3, 0.4) is 0 Å². The molecule has 22 heavy (non-hydrogen) atoms. The molecule has 6 heteroatoms. The van der Waals surface area contributed by atoms with E-state index in [0.29, 0.717) is 11.6 Å². The van der Waals surface area contributed by atoms with Gasteiger partial charge in [0.2, 0.25) is 0 Å². The summed E-state index contributed by atoms with van der Waals surface area (Å²) < 4.78 is 77.6. The Bertz CT molecular complexity index is 705. The maximum Gasteiger partial charge on any atom is 0.409 e. The molecule has 0 aliphatic carbocycles. The van der Waals surface area contributed by atoms with Crippen LogP contribution in [0.5, 0.6) is 0 Å². The number of aryl methyl sites for hydroxylation is 1. The molecule has 0 fully saturated rings. The SMILES string of the molecule is Cc1ccc(-c2cc(F)c(C=CC(F)(F)F)c(F)c2)c(F)c1. The molecule has 0 heterocycles. The first-order chi connectivity index (χ1) is 10.2. The van der Waals surface area contributed by atoms with Gasteiger partial charge in [-0.2, -0.15) is 13.2 Å². The van der Waals surface area contributed by atoms with E-state index in [4.69, 9.17) is 0 Å². The van der Waals surface area contributed by atoms with Crippen molar-refractivity contribution in [2.24, 2.45) is 0 Å². The molecule has 0 spiro atoms. The molecule has 2 aromatic carbocycles. The van der Waals surface area contributed by atoms with Crippen molar-refractivity contribution in [1.29, 1.82) is 0 Å². The van der Waals surface area contributed by atoms with Gasteiger partial charge in [0, 0.05) is 17.2 Å². The van der Waals surface area contributed by atoms with Crippen LogP contribution >= 0.6 is 0 Å². The summed E-state index contributed by atoms with van der Waals surface area (Å²) in [5.74, 6) is -3.07. The van der Waals surface area contributed by atoms with Crippen molar-refractivity contribution < 1.29 is 26.3 Å². The quantitative estimate of drug-likeness (QED) is 0.628. The fraction of sp³-hybridized carbons (Fsp3) is 0.125. The lowest BCUT2D eigenvalue weighted by molar-refractivity contribution is -0.0790. The molecular formula is C16H10F6. The maximum absolute atomic E-state index is 13.8. The summed E-state index contributed by atoms with van der Waals surface area (Å²) in [5, 5.41) is 0. The number of allylic oxidation sites excluding steroid dienone is 1.